The van der Waals surface area contributed by atoms with Crippen molar-refractivity contribution in [3.63, 3.8) is 0 Å². The van der Waals surface area contributed by atoms with Crippen LogP contribution in [0.1, 0.15) is 38.2 Å². The van der Waals surface area contributed by atoms with Gasteiger partial charge in [0, 0.05) is 19.2 Å². The second kappa shape index (κ2) is 6.87. The lowest BCUT2D eigenvalue weighted by molar-refractivity contribution is -0.131. The molecular formula is C16H22F2N2O. The standard InChI is InChI=1S/C16H22F2N2O/c1-11-9-14(18)15(10-13(11)17)19-12(2)16(21)20-7-5-3-4-6-8-20/h9-10,12,19H,3-8H2,1-2H3. The number of benzene rings is 1. The third kappa shape index (κ3) is 3.93. The molecule has 1 aromatic carbocycles. The lowest BCUT2D eigenvalue weighted by atomic mass is 10.2. The van der Waals surface area contributed by atoms with Gasteiger partial charge < -0.3 is 10.2 Å². The zero-order valence-corrected chi connectivity index (χ0v) is 12.6. The van der Waals surface area contributed by atoms with E-state index in [0.29, 0.717) is 0 Å². The highest BCUT2D eigenvalue weighted by molar-refractivity contribution is 5.84. The van der Waals surface area contributed by atoms with E-state index in [-0.39, 0.29) is 17.2 Å². The first-order valence-corrected chi connectivity index (χ1v) is 7.50. The maximum atomic E-state index is 13.8. The monoisotopic (exact) mass is 296 g/mol. The van der Waals surface area contributed by atoms with Gasteiger partial charge in [-0.3, -0.25) is 4.79 Å². The third-order valence-corrected chi connectivity index (χ3v) is 3.91. The van der Waals surface area contributed by atoms with Gasteiger partial charge in [0.25, 0.3) is 0 Å². The summed E-state index contributed by atoms with van der Waals surface area (Å²) in [6.45, 7) is 4.68. The van der Waals surface area contributed by atoms with E-state index < -0.39 is 17.7 Å². The minimum atomic E-state index is -0.570. The van der Waals surface area contributed by atoms with Gasteiger partial charge in [-0.2, -0.15) is 0 Å². The van der Waals surface area contributed by atoms with Gasteiger partial charge >= 0.3 is 0 Å². The van der Waals surface area contributed by atoms with E-state index in [9.17, 15) is 13.6 Å². The molecule has 116 valence electrons. The number of carbonyl (C=O) groups excluding carboxylic acids is 1. The van der Waals surface area contributed by atoms with Crippen LogP contribution in [0, 0.1) is 18.6 Å². The Morgan fingerprint density at radius 3 is 2.38 bits per heavy atom. The molecule has 21 heavy (non-hydrogen) atoms. The minimum absolute atomic E-state index is 0.0359. The molecule has 1 fully saturated rings. The largest absolute Gasteiger partial charge is 0.371 e. The Hall–Kier alpha value is -1.65. The van der Waals surface area contributed by atoms with Crippen LogP contribution in [0.25, 0.3) is 0 Å². The highest BCUT2D eigenvalue weighted by Gasteiger charge is 2.22. The number of rotatable bonds is 3. The van der Waals surface area contributed by atoms with Gasteiger partial charge in [-0.25, -0.2) is 8.78 Å². The molecule has 1 atom stereocenters. The molecule has 0 aromatic heterocycles. The Bertz CT molecular complexity index is 511. The zero-order valence-electron chi connectivity index (χ0n) is 12.6. The normalized spacial score (nSPS) is 17.2. The smallest absolute Gasteiger partial charge is 0.244 e. The molecule has 1 aromatic rings. The van der Waals surface area contributed by atoms with Crippen LogP contribution in [0.3, 0.4) is 0 Å². The van der Waals surface area contributed by atoms with E-state index in [1.165, 1.54) is 6.92 Å². The molecule has 2 rings (SSSR count). The predicted molar refractivity (Wildman–Crippen MR) is 79.2 cm³/mol. The Morgan fingerprint density at radius 1 is 1.14 bits per heavy atom. The second-order valence-electron chi connectivity index (χ2n) is 5.69. The molecule has 0 radical (unpaired) electrons. The summed E-state index contributed by atoms with van der Waals surface area (Å²) < 4.78 is 27.3. The zero-order chi connectivity index (χ0) is 15.4. The van der Waals surface area contributed by atoms with Gasteiger partial charge in [0.05, 0.1) is 5.69 Å². The third-order valence-electron chi connectivity index (χ3n) is 3.91. The molecule has 1 aliphatic rings. The van der Waals surface area contributed by atoms with Crippen molar-refractivity contribution in [1.82, 2.24) is 4.90 Å². The lowest BCUT2D eigenvalue weighted by Crippen LogP contribution is -2.42. The first-order valence-electron chi connectivity index (χ1n) is 7.50. The van der Waals surface area contributed by atoms with Crippen LogP contribution in [0.2, 0.25) is 0 Å². The van der Waals surface area contributed by atoms with Crippen molar-refractivity contribution in [2.75, 3.05) is 18.4 Å². The molecule has 0 aliphatic carbocycles. The van der Waals surface area contributed by atoms with Gasteiger partial charge in [-0.1, -0.05) is 12.8 Å². The van der Waals surface area contributed by atoms with Crippen molar-refractivity contribution in [1.29, 1.82) is 0 Å². The Balaban J connectivity index is 2.04. The number of carbonyl (C=O) groups is 1. The number of anilines is 1. The summed E-state index contributed by atoms with van der Waals surface area (Å²) in [7, 11) is 0. The van der Waals surface area contributed by atoms with Crippen LogP contribution >= 0.6 is 0 Å². The number of amides is 1. The van der Waals surface area contributed by atoms with Crippen LogP contribution in [-0.4, -0.2) is 29.9 Å². The van der Waals surface area contributed by atoms with Crippen molar-refractivity contribution < 1.29 is 13.6 Å². The summed E-state index contributed by atoms with van der Waals surface area (Å²) in [6.07, 6.45) is 4.30. The number of nitrogens with one attached hydrogen (secondary N) is 1. The number of likely N-dealkylation sites (tertiary alicyclic amines) is 1. The summed E-state index contributed by atoms with van der Waals surface area (Å²) in [6, 6.07) is 1.68. The summed E-state index contributed by atoms with van der Waals surface area (Å²) in [5.41, 5.74) is 0.290. The highest BCUT2D eigenvalue weighted by Crippen LogP contribution is 2.20. The average molecular weight is 296 g/mol. The van der Waals surface area contributed by atoms with E-state index in [1.807, 2.05) is 4.90 Å². The van der Waals surface area contributed by atoms with E-state index in [4.69, 9.17) is 0 Å². The number of nitrogens with zero attached hydrogens (tertiary/aromatic N) is 1. The Morgan fingerprint density at radius 2 is 1.76 bits per heavy atom. The molecule has 5 heteroatoms. The number of hydrogen-bond donors (Lipinski definition) is 1. The Labute approximate surface area is 124 Å². The maximum absolute atomic E-state index is 13.8. The number of aryl methyl sites for hydroxylation is 1. The van der Waals surface area contributed by atoms with Crippen molar-refractivity contribution in [2.24, 2.45) is 0 Å². The van der Waals surface area contributed by atoms with Gasteiger partial charge in [-0.05, 0) is 38.3 Å². The summed E-state index contributed by atoms with van der Waals surface area (Å²) in [5.74, 6) is -1.07. The van der Waals surface area contributed by atoms with Crippen LogP contribution < -0.4 is 5.32 Å². The first-order chi connectivity index (χ1) is 9.99. The van der Waals surface area contributed by atoms with Crippen LogP contribution in [0.5, 0.6) is 0 Å². The highest BCUT2D eigenvalue weighted by atomic mass is 19.1. The van der Waals surface area contributed by atoms with Crippen LogP contribution in [-0.2, 0) is 4.79 Å². The van der Waals surface area contributed by atoms with E-state index >= 15 is 0 Å². The maximum Gasteiger partial charge on any atom is 0.244 e. The van der Waals surface area contributed by atoms with Gasteiger partial charge in [0.15, 0.2) is 0 Å². The van der Waals surface area contributed by atoms with E-state index in [2.05, 4.69) is 5.32 Å². The van der Waals surface area contributed by atoms with E-state index in [0.717, 1.165) is 50.9 Å². The predicted octanol–water partition coefficient (Wildman–Crippen LogP) is 3.48. The van der Waals surface area contributed by atoms with Gasteiger partial charge in [0.1, 0.15) is 17.7 Å². The molecular weight excluding hydrogens is 274 g/mol. The molecule has 0 saturated carbocycles. The Kier molecular flexibility index (Phi) is 5.15. The van der Waals surface area contributed by atoms with Crippen molar-refractivity contribution in [2.45, 2.75) is 45.6 Å². The number of halogens is 2. The second-order valence-corrected chi connectivity index (χ2v) is 5.69. The molecule has 1 aliphatic heterocycles. The average Bonchev–Trinajstić information content (AvgIpc) is 2.72. The van der Waals surface area contributed by atoms with E-state index in [1.54, 1.807) is 6.92 Å². The molecule has 1 amide bonds. The van der Waals surface area contributed by atoms with Crippen molar-refractivity contribution >= 4 is 11.6 Å². The lowest BCUT2D eigenvalue weighted by Gasteiger charge is -2.25. The fraction of sp³-hybridized carbons (Fsp3) is 0.562. The molecule has 1 heterocycles. The molecule has 0 spiro atoms. The van der Waals surface area contributed by atoms with Crippen LogP contribution in [0.4, 0.5) is 14.5 Å². The summed E-state index contributed by atoms with van der Waals surface area (Å²) in [5, 5.41) is 2.79. The summed E-state index contributed by atoms with van der Waals surface area (Å²) in [4.78, 5) is 14.2. The topological polar surface area (TPSA) is 32.3 Å². The fourth-order valence-electron chi connectivity index (χ4n) is 2.62. The fourth-order valence-corrected chi connectivity index (χ4v) is 2.62. The first kappa shape index (κ1) is 15.7. The quantitative estimate of drug-likeness (QED) is 0.926. The molecule has 3 nitrogen and oxygen atoms in total. The number of hydrogen-bond acceptors (Lipinski definition) is 2. The summed E-state index contributed by atoms with van der Waals surface area (Å²) >= 11 is 0. The van der Waals surface area contributed by atoms with Crippen molar-refractivity contribution in [3.05, 3.63) is 29.3 Å². The van der Waals surface area contributed by atoms with Gasteiger partial charge in [0.2, 0.25) is 5.91 Å². The minimum Gasteiger partial charge on any atom is -0.371 e. The molecule has 1 saturated heterocycles. The van der Waals surface area contributed by atoms with Crippen LogP contribution in [0.15, 0.2) is 12.1 Å². The molecule has 0 bridgehead atoms. The van der Waals surface area contributed by atoms with Gasteiger partial charge in [-0.15, -0.1) is 0 Å². The van der Waals surface area contributed by atoms with Crippen molar-refractivity contribution in [3.8, 4) is 0 Å². The molecule has 1 N–H and O–H groups in total. The molecule has 1 unspecified atom stereocenters. The SMILES string of the molecule is Cc1cc(F)c(NC(C)C(=O)N2CCCCCC2)cc1F.